The third-order valence-corrected chi connectivity index (χ3v) is 5.67. The van der Waals surface area contributed by atoms with Crippen LogP contribution in [0.4, 0.5) is 0 Å². The van der Waals surface area contributed by atoms with Gasteiger partial charge >= 0.3 is 0 Å². The van der Waals surface area contributed by atoms with E-state index >= 15 is 0 Å². The van der Waals surface area contributed by atoms with Crippen LogP contribution in [0.5, 0.6) is 0 Å². The van der Waals surface area contributed by atoms with Crippen LogP contribution in [-0.4, -0.2) is 50.2 Å². The molecular formula is C24H38N2+2. The van der Waals surface area contributed by atoms with Crippen molar-refractivity contribution in [2.45, 2.75) is 40.8 Å². The average Bonchev–Trinajstić information content (AvgIpc) is 2.52. The molecule has 26 heavy (non-hydrogen) atoms. The minimum absolute atomic E-state index is 1.02. The molecule has 0 heterocycles. The summed E-state index contributed by atoms with van der Waals surface area (Å²) in [4.78, 5) is 0. The first-order valence-corrected chi connectivity index (χ1v) is 9.74. The second kappa shape index (κ2) is 7.94. The van der Waals surface area contributed by atoms with Crippen LogP contribution < -0.4 is 0 Å². The Morgan fingerprint density at radius 2 is 0.885 bits per heavy atom. The topological polar surface area (TPSA) is 0 Å². The van der Waals surface area contributed by atoms with E-state index in [9.17, 15) is 0 Å². The van der Waals surface area contributed by atoms with Crippen molar-refractivity contribution in [1.29, 1.82) is 0 Å². The maximum Gasteiger partial charge on any atom is 0.128 e. The van der Waals surface area contributed by atoms with Gasteiger partial charge in [-0.15, -0.1) is 0 Å². The Bertz CT molecular complexity index is 691. The minimum Gasteiger partial charge on any atom is -0.320 e. The van der Waals surface area contributed by atoms with Gasteiger partial charge in [-0.3, -0.25) is 0 Å². The number of quaternary nitrogens is 2. The summed E-state index contributed by atoms with van der Waals surface area (Å²) in [5.41, 5.74) is 8.44. The molecule has 0 atom stereocenters. The Morgan fingerprint density at radius 3 is 1.19 bits per heavy atom. The number of rotatable bonds is 7. The minimum atomic E-state index is 1.02. The number of aryl methyl sites for hydroxylation is 4. The Balaban J connectivity index is 1.97. The lowest BCUT2D eigenvalue weighted by atomic mass is 10.1. The van der Waals surface area contributed by atoms with Crippen LogP contribution in [0.25, 0.3) is 0 Å². The van der Waals surface area contributed by atoms with E-state index in [1.807, 2.05) is 0 Å². The number of nitrogens with zero attached hydrogens (tertiary/aromatic N) is 2. The molecule has 0 bridgehead atoms. The highest BCUT2D eigenvalue weighted by Crippen LogP contribution is 2.17. The number of hydrogen-bond acceptors (Lipinski definition) is 0. The van der Waals surface area contributed by atoms with Gasteiger partial charge in [-0.25, -0.2) is 0 Å². The van der Waals surface area contributed by atoms with Gasteiger partial charge in [-0.05, 0) is 49.9 Å². The highest BCUT2D eigenvalue weighted by atomic mass is 15.4. The van der Waals surface area contributed by atoms with Crippen LogP contribution in [0.1, 0.15) is 33.4 Å². The van der Waals surface area contributed by atoms with Crippen molar-refractivity contribution in [2.75, 3.05) is 41.3 Å². The van der Waals surface area contributed by atoms with E-state index in [2.05, 4.69) is 92.3 Å². The van der Waals surface area contributed by atoms with Gasteiger partial charge in [0.1, 0.15) is 26.2 Å². The molecule has 0 N–H and O–H groups in total. The van der Waals surface area contributed by atoms with Crippen LogP contribution in [0.3, 0.4) is 0 Å². The van der Waals surface area contributed by atoms with Crippen LogP contribution in [-0.2, 0) is 13.1 Å². The SMILES string of the molecule is Cc1ccc(C[N+](C)(C)CC[N+](C)(C)Cc2ccc(C)c(C)c2)cc1C. The largest absolute Gasteiger partial charge is 0.320 e. The molecule has 0 spiro atoms. The lowest BCUT2D eigenvalue weighted by Gasteiger charge is -2.36. The zero-order valence-electron chi connectivity index (χ0n) is 18.2. The van der Waals surface area contributed by atoms with Crippen LogP contribution in [0.2, 0.25) is 0 Å². The van der Waals surface area contributed by atoms with Gasteiger partial charge < -0.3 is 8.97 Å². The van der Waals surface area contributed by atoms with E-state index < -0.39 is 0 Å². The molecule has 0 aromatic heterocycles. The summed E-state index contributed by atoms with van der Waals surface area (Å²) in [6, 6.07) is 13.8. The third kappa shape index (κ3) is 5.96. The van der Waals surface area contributed by atoms with Crippen molar-refractivity contribution in [2.24, 2.45) is 0 Å². The second-order valence-electron chi connectivity index (χ2n) is 9.47. The Morgan fingerprint density at radius 1 is 0.538 bits per heavy atom. The van der Waals surface area contributed by atoms with Crippen LogP contribution in [0, 0.1) is 27.7 Å². The summed E-state index contributed by atoms with van der Waals surface area (Å²) in [5, 5.41) is 0. The quantitative estimate of drug-likeness (QED) is 0.628. The highest BCUT2D eigenvalue weighted by molar-refractivity contribution is 5.30. The summed E-state index contributed by atoms with van der Waals surface area (Å²) in [6.45, 7) is 13.3. The molecule has 142 valence electrons. The monoisotopic (exact) mass is 354 g/mol. The molecule has 2 aromatic carbocycles. The maximum absolute atomic E-state index is 2.35. The third-order valence-electron chi connectivity index (χ3n) is 5.67. The molecular weight excluding hydrogens is 316 g/mol. The lowest BCUT2D eigenvalue weighted by Crippen LogP contribution is -2.50. The fraction of sp³-hybridized carbons (Fsp3) is 0.500. The number of hydrogen-bond donors (Lipinski definition) is 0. The molecule has 0 radical (unpaired) electrons. The Hall–Kier alpha value is -1.64. The molecule has 0 aliphatic carbocycles. The lowest BCUT2D eigenvalue weighted by molar-refractivity contribution is -0.958. The predicted octanol–water partition coefficient (Wildman–Crippen LogP) is 4.77. The molecule has 2 aromatic rings. The molecule has 0 aliphatic rings. The predicted molar refractivity (Wildman–Crippen MR) is 113 cm³/mol. The molecule has 0 aliphatic heterocycles. The molecule has 0 unspecified atom stereocenters. The van der Waals surface area contributed by atoms with Crippen molar-refractivity contribution < 1.29 is 8.97 Å². The summed E-state index contributed by atoms with van der Waals surface area (Å²) < 4.78 is 2.05. The van der Waals surface area contributed by atoms with Gasteiger partial charge in [-0.1, -0.05) is 36.4 Å². The van der Waals surface area contributed by atoms with Gasteiger partial charge in [0.2, 0.25) is 0 Å². The summed E-state index contributed by atoms with van der Waals surface area (Å²) in [5.74, 6) is 0. The van der Waals surface area contributed by atoms with Crippen molar-refractivity contribution in [3.05, 3.63) is 69.8 Å². The van der Waals surface area contributed by atoms with Gasteiger partial charge in [0.15, 0.2) is 0 Å². The van der Waals surface area contributed by atoms with E-state index in [-0.39, 0.29) is 0 Å². The van der Waals surface area contributed by atoms with Gasteiger partial charge in [0, 0.05) is 11.1 Å². The zero-order valence-corrected chi connectivity index (χ0v) is 18.2. The summed E-state index contributed by atoms with van der Waals surface area (Å²) in [7, 11) is 9.41. The van der Waals surface area contributed by atoms with Crippen molar-refractivity contribution in [3.63, 3.8) is 0 Å². The molecule has 2 rings (SSSR count). The molecule has 2 nitrogen and oxygen atoms in total. The molecule has 0 amide bonds. The van der Waals surface area contributed by atoms with E-state index in [0.29, 0.717) is 0 Å². The smallest absolute Gasteiger partial charge is 0.128 e. The Labute approximate surface area is 161 Å². The normalized spacial score (nSPS) is 12.5. The van der Waals surface area contributed by atoms with E-state index in [0.717, 1.165) is 22.1 Å². The second-order valence-corrected chi connectivity index (χ2v) is 9.47. The van der Waals surface area contributed by atoms with Gasteiger partial charge in [-0.2, -0.15) is 0 Å². The van der Waals surface area contributed by atoms with Gasteiger partial charge in [0.05, 0.1) is 28.2 Å². The standard InChI is InChI=1S/C24H38N2/c1-19-9-11-23(15-21(19)3)17-25(5,6)13-14-26(7,8)18-24-12-10-20(2)22(4)16-24/h9-12,15-16H,13-14,17-18H2,1-8H3/q+2. The molecule has 0 fully saturated rings. The summed E-state index contributed by atoms with van der Waals surface area (Å²) in [6.07, 6.45) is 0. The zero-order chi connectivity index (χ0) is 19.5. The van der Waals surface area contributed by atoms with Crippen molar-refractivity contribution in [1.82, 2.24) is 0 Å². The Kier molecular flexibility index (Phi) is 6.31. The molecule has 0 saturated heterocycles. The fourth-order valence-corrected chi connectivity index (χ4v) is 3.49. The maximum atomic E-state index is 2.35. The number of likely N-dealkylation sites (N-methyl/N-ethyl adjacent to an activating group) is 2. The van der Waals surface area contributed by atoms with Crippen LogP contribution >= 0.6 is 0 Å². The highest BCUT2D eigenvalue weighted by Gasteiger charge is 2.23. The molecule has 0 saturated carbocycles. The van der Waals surface area contributed by atoms with Gasteiger partial charge in [0.25, 0.3) is 0 Å². The van der Waals surface area contributed by atoms with E-state index in [1.165, 1.54) is 46.5 Å². The number of benzene rings is 2. The fourth-order valence-electron chi connectivity index (χ4n) is 3.49. The average molecular weight is 355 g/mol. The van der Waals surface area contributed by atoms with E-state index in [1.54, 1.807) is 0 Å². The first kappa shape index (κ1) is 20.7. The van der Waals surface area contributed by atoms with Crippen molar-refractivity contribution >= 4 is 0 Å². The first-order valence-electron chi connectivity index (χ1n) is 9.74. The summed E-state index contributed by atoms with van der Waals surface area (Å²) >= 11 is 0. The molecule has 2 heteroatoms. The van der Waals surface area contributed by atoms with Crippen molar-refractivity contribution in [3.8, 4) is 0 Å². The van der Waals surface area contributed by atoms with E-state index in [4.69, 9.17) is 0 Å². The first-order chi connectivity index (χ1) is 12.0. The van der Waals surface area contributed by atoms with Crippen LogP contribution in [0.15, 0.2) is 36.4 Å².